The number of hydrogen-bond acceptors (Lipinski definition) is 1. The molecule has 0 saturated heterocycles. The summed E-state index contributed by atoms with van der Waals surface area (Å²) in [5.41, 5.74) is 0. The van der Waals surface area contributed by atoms with Gasteiger partial charge in [0.25, 0.3) is 0 Å². The molecule has 0 aliphatic carbocycles. The second-order valence-electron chi connectivity index (χ2n) is 1.63. The molecule has 0 heterocycles. The van der Waals surface area contributed by atoms with Crippen LogP contribution >= 0.6 is 0 Å². The van der Waals surface area contributed by atoms with Crippen molar-refractivity contribution in [2.75, 3.05) is 13.1 Å². The molecule has 0 atom stereocenters. The van der Waals surface area contributed by atoms with E-state index in [2.05, 4.69) is 6.92 Å². The van der Waals surface area contributed by atoms with E-state index < -0.39 is 0 Å². The maximum absolute atomic E-state index is 10.1. The molecule has 0 bridgehead atoms. The molecule has 50 valence electrons. The van der Waals surface area contributed by atoms with Gasteiger partial charge in [0.15, 0.2) is 0 Å². The van der Waals surface area contributed by atoms with Crippen LogP contribution in [0.4, 0.5) is 0 Å². The Labute approximate surface area is 54.5 Å². The fourth-order valence-corrected chi connectivity index (χ4v) is 0.912. The number of hydrogen-bond donors (Lipinski definition) is 1. The molecule has 0 fully saturated rings. The normalized spacial score (nSPS) is 10.4. The van der Waals surface area contributed by atoms with Crippen molar-refractivity contribution in [1.82, 2.24) is 4.31 Å². The zero-order valence-electron chi connectivity index (χ0n) is 5.42. The first-order valence-corrected chi connectivity index (χ1v) is 3.69. The van der Waals surface area contributed by atoms with Crippen LogP contribution in [0.15, 0.2) is 0 Å². The lowest BCUT2D eigenvalue weighted by Gasteiger charge is -2.08. The molecule has 0 rings (SSSR count). The molecule has 0 aromatic rings. The smallest absolute Gasteiger partial charge is 0.0808 e. The summed E-state index contributed by atoms with van der Waals surface area (Å²) in [6.07, 6.45) is 1.07. The van der Waals surface area contributed by atoms with Gasteiger partial charge in [0.1, 0.15) is 0 Å². The van der Waals surface area contributed by atoms with E-state index in [9.17, 15) is 4.21 Å². The molecule has 0 aliphatic rings. The molecule has 0 unspecified atom stereocenters. The maximum atomic E-state index is 10.1. The largest absolute Gasteiger partial charge is 0.246 e. The predicted molar refractivity (Wildman–Crippen MR) is 37.1 cm³/mol. The molecule has 0 radical (unpaired) electrons. The molecule has 0 amide bonds. The quantitative estimate of drug-likeness (QED) is 0.559. The minimum Gasteiger partial charge on any atom is -0.246 e. The van der Waals surface area contributed by atoms with E-state index in [1.54, 1.807) is 0 Å². The zero-order valence-corrected chi connectivity index (χ0v) is 6.32. The van der Waals surface area contributed by atoms with Gasteiger partial charge in [-0.2, -0.15) is 0 Å². The Morgan fingerprint density at radius 1 is 1.50 bits per heavy atom. The highest BCUT2D eigenvalue weighted by atomic mass is 32.2. The fraction of sp³-hybridized carbons (Fsp3) is 1.00. The van der Waals surface area contributed by atoms with E-state index in [4.69, 9.17) is 0 Å². The lowest BCUT2D eigenvalue weighted by Crippen LogP contribution is -2.18. The Bertz CT molecular complexity index is 67.4. The van der Waals surface area contributed by atoms with Crippen molar-refractivity contribution in [2.24, 2.45) is 0 Å². The summed E-state index contributed by atoms with van der Waals surface area (Å²) in [6.45, 7) is 5.88. The van der Waals surface area contributed by atoms with Gasteiger partial charge in [-0.3, -0.25) is 0 Å². The molecule has 0 aromatic carbocycles. The first kappa shape index (κ1) is 8.11. The van der Waals surface area contributed by atoms with Crippen molar-refractivity contribution in [3.8, 4) is 0 Å². The fourth-order valence-electron chi connectivity index (χ4n) is 0.515. The van der Waals surface area contributed by atoms with Crippen LogP contribution in [-0.2, 0) is 11.9 Å². The van der Waals surface area contributed by atoms with Crippen LogP contribution in [0.1, 0.15) is 20.3 Å². The van der Waals surface area contributed by atoms with E-state index in [0.29, 0.717) is 0 Å². The highest BCUT2D eigenvalue weighted by molar-refractivity contribution is 7.62. The molecule has 0 N–H and O–H groups in total. The van der Waals surface area contributed by atoms with Gasteiger partial charge in [-0.1, -0.05) is 13.8 Å². The average molecular weight is 135 g/mol. The van der Waals surface area contributed by atoms with Crippen LogP contribution < -0.4 is 0 Å². The van der Waals surface area contributed by atoms with Crippen LogP contribution in [0, 0.1) is 0 Å². The first-order chi connectivity index (χ1) is 3.85. The van der Waals surface area contributed by atoms with Crippen LogP contribution in [0.2, 0.25) is 0 Å². The standard InChI is InChI=1S/C5H13NOS/c1-3-5-6(4-2)8-7/h8H,3-5H2,1-2H3. The Balaban J connectivity index is 3.21. The van der Waals surface area contributed by atoms with Crippen molar-refractivity contribution < 1.29 is 4.21 Å². The highest BCUT2D eigenvalue weighted by Crippen LogP contribution is 1.85. The molecule has 2 nitrogen and oxygen atoms in total. The van der Waals surface area contributed by atoms with Crippen molar-refractivity contribution in [2.45, 2.75) is 20.3 Å². The Morgan fingerprint density at radius 3 is 2.25 bits per heavy atom. The molecular weight excluding hydrogens is 122 g/mol. The van der Waals surface area contributed by atoms with E-state index >= 15 is 0 Å². The van der Waals surface area contributed by atoms with Gasteiger partial charge in [-0.25, -0.2) is 8.51 Å². The van der Waals surface area contributed by atoms with E-state index in [1.165, 1.54) is 0 Å². The lowest BCUT2D eigenvalue weighted by atomic mass is 10.5. The zero-order chi connectivity index (χ0) is 6.41. The van der Waals surface area contributed by atoms with E-state index in [-0.39, 0.29) is 11.9 Å². The van der Waals surface area contributed by atoms with Crippen molar-refractivity contribution in [1.29, 1.82) is 0 Å². The van der Waals surface area contributed by atoms with Crippen LogP contribution in [0.5, 0.6) is 0 Å². The minimum absolute atomic E-state index is 0.158. The van der Waals surface area contributed by atoms with Gasteiger partial charge < -0.3 is 0 Å². The maximum Gasteiger partial charge on any atom is 0.0808 e. The van der Waals surface area contributed by atoms with Gasteiger partial charge in [-0.05, 0) is 6.42 Å². The van der Waals surface area contributed by atoms with Gasteiger partial charge in [0.2, 0.25) is 0 Å². The second-order valence-corrected chi connectivity index (χ2v) is 2.36. The minimum atomic E-state index is 0.158. The van der Waals surface area contributed by atoms with Crippen LogP contribution in [-0.4, -0.2) is 21.6 Å². The highest BCUT2D eigenvalue weighted by Gasteiger charge is 1.92. The van der Waals surface area contributed by atoms with Crippen LogP contribution in [0.25, 0.3) is 0 Å². The molecule has 0 spiro atoms. The van der Waals surface area contributed by atoms with Gasteiger partial charge in [-0.15, -0.1) is 0 Å². The molecule has 0 saturated carbocycles. The summed E-state index contributed by atoms with van der Waals surface area (Å²) < 4.78 is 12.0. The Hall–Kier alpha value is 0.110. The SMILES string of the molecule is CCCN(CC)[SH]=O. The third-order valence-electron chi connectivity index (χ3n) is 0.962. The molecule has 3 heteroatoms. The monoisotopic (exact) mass is 135 g/mol. The van der Waals surface area contributed by atoms with Crippen molar-refractivity contribution in [3.05, 3.63) is 0 Å². The average Bonchev–Trinajstić information content (AvgIpc) is 1.83. The van der Waals surface area contributed by atoms with Gasteiger partial charge in [0, 0.05) is 13.1 Å². The van der Waals surface area contributed by atoms with Gasteiger partial charge in [0.05, 0.1) is 11.9 Å². The third kappa shape index (κ3) is 3.16. The topological polar surface area (TPSA) is 20.3 Å². The summed E-state index contributed by atoms with van der Waals surface area (Å²) in [7, 11) is 0. The summed E-state index contributed by atoms with van der Waals surface area (Å²) in [4.78, 5) is 0. The van der Waals surface area contributed by atoms with Crippen molar-refractivity contribution >= 4 is 11.9 Å². The van der Waals surface area contributed by atoms with E-state index in [0.717, 1.165) is 19.5 Å². The van der Waals surface area contributed by atoms with Crippen molar-refractivity contribution in [3.63, 3.8) is 0 Å². The Kier molecular flexibility index (Phi) is 5.32. The number of thiol groups is 1. The predicted octanol–water partition coefficient (Wildman–Crippen LogP) is 0.579. The summed E-state index contributed by atoms with van der Waals surface area (Å²) in [6, 6.07) is 0. The molecule has 0 aliphatic heterocycles. The Morgan fingerprint density at radius 2 is 2.12 bits per heavy atom. The number of rotatable bonds is 4. The summed E-state index contributed by atoms with van der Waals surface area (Å²) in [5, 5.41) is 0. The third-order valence-corrected chi connectivity index (χ3v) is 1.68. The number of nitrogens with zero attached hydrogens (tertiary/aromatic N) is 1. The molecule has 8 heavy (non-hydrogen) atoms. The summed E-state index contributed by atoms with van der Waals surface area (Å²) in [5.74, 6) is 0. The molecular formula is C5H13NOS. The lowest BCUT2D eigenvalue weighted by molar-refractivity contribution is 0.475. The second kappa shape index (κ2) is 5.25. The summed E-state index contributed by atoms with van der Waals surface area (Å²) >= 11 is 0.158. The van der Waals surface area contributed by atoms with Gasteiger partial charge >= 0.3 is 0 Å². The molecule has 0 aromatic heterocycles. The first-order valence-electron chi connectivity index (χ1n) is 2.93. The van der Waals surface area contributed by atoms with Crippen LogP contribution in [0.3, 0.4) is 0 Å². The van der Waals surface area contributed by atoms with E-state index in [1.807, 2.05) is 11.2 Å².